The Balaban J connectivity index is 2.32. The lowest BCUT2D eigenvalue weighted by Gasteiger charge is -2.31. The van der Waals surface area contributed by atoms with E-state index in [0.29, 0.717) is 12.1 Å². The van der Waals surface area contributed by atoms with Crippen LogP contribution in [0.15, 0.2) is 4.90 Å². The summed E-state index contributed by atoms with van der Waals surface area (Å²) in [5, 5.41) is 1.20. The Hall–Kier alpha value is -0.680. The molecule has 0 aliphatic carbocycles. The van der Waals surface area contributed by atoms with Gasteiger partial charge >= 0.3 is 0 Å². The predicted molar refractivity (Wildman–Crippen MR) is 85.7 cm³/mol. The van der Waals surface area contributed by atoms with Gasteiger partial charge < -0.3 is 10.6 Å². The summed E-state index contributed by atoms with van der Waals surface area (Å²) in [4.78, 5) is 16.2. The Morgan fingerprint density at radius 1 is 1.47 bits per heavy atom. The first kappa shape index (κ1) is 14.7. The highest BCUT2D eigenvalue weighted by Gasteiger charge is 2.25. The lowest BCUT2D eigenvalue weighted by molar-refractivity contribution is 0.0992. The molecular formula is C14H22N2OS2. The molecule has 0 aromatic carbocycles. The molecule has 0 saturated carbocycles. The smallest absolute Gasteiger partial charge is 0.174 e. The summed E-state index contributed by atoms with van der Waals surface area (Å²) in [5.74, 6) is 0.970. The van der Waals surface area contributed by atoms with Crippen molar-refractivity contribution in [3.63, 3.8) is 0 Å². The molecule has 2 heterocycles. The van der Waals surface area contributed by atoms with Crippen LogP contribution in [0.3, 0.4) is 0 Å². The monoisotopic (exact) mass is 298 g/mol. The summed E-state index contributed by atoms with van der Waals surface area (Å²) >= 11 is 3.24. The molecule has 1 aliphatic heterocycles. The number of carbonyl (C=O) groups is 1. The zero-order valence-corrected chi connectivity index (χ0v) is 13.5. The van der Waals surface area contributed by atoms with Gasteiger partial charge in [-0.25, -0.2) is 0 Å². The van der Waals surface area contributed by atoms with Crippen molar-refractivity contribution >= 4 is 39.6 Å². The number of hydrogen-bond acceptors (Lipinski definition) is 5. The van der Waals surface area contributed by atoms with E-state index >= 15 is 0 Å². The highest BCUT2D eigenvalue weighted by Crippen LogP contribution is 2.45. The molecule has 106 valence electrons. The van der Waals surface area contributed by atoms with Crippen LogP contribution in [-0.2, 0) is 0 Å². The molecular weight excluding hydrogens is 276 g/mol. The predicted octanol–water partition coefficient (Wildman–Crippen LogP) is 3.88. The van der Waals surface area contributed by atoms with Crippen LogP contribution >= 0.6 is 23.1 Å². The lowest BCUT2D eigenvalue weighted by atomic mass is 9.99. The number of nitrogen functional groups attached to an aromatic ring is 1. The first-order valence-corrected chi connectivity index (χ1v) is 8.87. The van der Waals surface area contributed by atoms with Crippen LogP contribution in [0, 0.1) is 5.92 Å². The summed E-state index contributed by atoms with van der Waals surface area (Å²) in [7, 11) is 0. The average molecular weight is 298 g/mol. The molecule has 2 N–H and O–H groups in total. The molecule has 0 spiro atoms. The van der Waals surface area contributed by atoms with Crippen molar-refractivity contribution in [2.24, 2.45) is 5.92 Å². The number of ketones is 1. The fourth-order valence-corrected chi connectivity index (χ4v) is 4.64. The zero-order valence-electron chi connectivity index (χ0n) is 11.9. The van der Waals surface area contributed by atoms with Gasteiger partial charge in [0, 0.05) is 19.5 Å². The van der Waals surface area contributed by atoms with Gasteiger partial charge in [0.1, 0.15) is 5.00 Å². The van der Waals surface area contributed by atoms with Crippen molar-refractivity contribution in [2.75, 3.05) is 30.0 Å². The van der Waals surface area contributed by atoms with E-state index in [2.05, 4.69) is 11.8 Å². The van der Waals surface area contributed by atoms with Gasteiger partial charge in [-0.3, -0.25) is 4.79 Å². The minimum Gasteiger partial charge on any atom is -0.396 e. The van der Waals surface area contributed by atoms with Crippen LogP contribution in [0.2, 0.25) is 0 Å². The SMILES string of the molecule is CCC(=O)c1sc(N2CCC(C)CC2)c(SC)c1N. The third kappa shape index (κ3) is 2.92. The molecule has 0 atom stereocenters. The van der Waals surface area contributed by atoms with Gasteiger partial charge in [0.15, 0.2) is 5.78 Å². The first-order valence-electron chi connectivity index (χ1n) is 6.82. The Labute approximate surface area is 123 Å². The largest absolute Gasteiger partial charge is 0.396 e. The number of carbonyl (C=O) groups excluding carboxylic acids is 1. The van der Waals surface area contributed by atoms with E-state index in [0.717, 1.165) is 28.8 Å². The molecule has 19 heavy (non-hydrogen) atoms. The van der Waals surface area contributed by atoms with Crippen molar-refractivity contribution in [1.82, 2.24) is 0 Å². The molecule has 0 radical (unpaired) electrons. The van der Waals surface area contributed by atoms with E-state index in [1.165, 1.54) is 17.8 Å². The second-order valence-corrected chi connectivity index (χ2v) is 6.95. The average Bonchev–Trinajstić information content (AvgIpc) is 2.75. The number of rotatable bonds is 4. The molecule has 5 heteroatoms. The third-order valence-electron chi connectivity index (χ3n) is 3.73. The molecule has 0 bridgehead atoms. The molecule has 1 aromatic heterocycles. The summed E-state index contributed by atoms with van der Waals surface area (Å²) < 4.78 is 0. The molecule has 1 saturated heterocycles. The number of Topliss-reactive ketones (excluding diaryl/α,β-unsaturated/α-hetero) is 1. The van der Waals surface area contributed by atoms with E-state index in [-0.39, 0.29) is 5.78 Å². The standard InChI is InChI=1S/C14H22N2OS2/c1-4-10(17)12-11(15)13(18-3)14(19-12)16-7-5-9(2)6-8-16/h9H,4-8,15H2,1-3H3. The molecule has 1 aromatic rings. The maximum Gasteiger partial charge on any atom is 0.174 e. The van der Waals surface area contributed by atoms with Crippen molar-refractivity contribution in [2.45, 2.75) is 38.0 Å². The van der Waals surface area contributed by atoms with Crippen LogP contribution in [0.25, 0.3) is 0 Å². The maximum absolute atomic E-state index is 12.0. The Morgan fingerprint density at radius 2 is 2.11 bits per heavy atom. The summed E-state index contributed by atoms with van der Waals surface area (Å²) in [5.41, 5.74) is 6.86. The molecule has 0 amide bonds. The summed E-state index contributed by atoms with van der Waals surface area (Å²) in [6.45, 7) is 6.35. The van der Waals surface area contributed by atoms with Gasteiger partial charge in [0.2, 0.25) is 0 Å². The summed E-state index contributed by atoms with van der Waals surface area (Å²) in [6, 6.07) is 0. The number of anilines is 2. The fraction of sp³-hybridized carbons (Fsp3) is 0.643. The van der Waals surface area contributed by atoms with Gasteiger partial charge in [0.05, 0.1) is 15.5 Å². The van der Waals surface area contributed by atoms with Crippen molar-refractivity contribution in [3.05, 3.63) is 4.88 Å². The minimum absolute atomic E-state index is 0.162. The molecule has 1 aliphatic rings. The molecule has 3 nitrogen and oxygen atoms in total. The number of nitrogens with zero attached hydrogens (tertiary/aromatic N) is 1. The number of thiophene rings is 1. The number of thioether (sulfide) groups is 1. The normalized spacial score (nSPS) is 16.9. The highest BCUT2D eigenvalue weighted by molar-refractivity contribution is 7.99. The van der Waals surface area contributed by atoms with Crippen LogP contribution in [0.4, 0.5) is 10.7 Å². The van der Waals surface area contributed by atoms with Crippen LogP contribution < -0.4 is 10.6 Å². The van der Waals surface area contributed by atoms with E-state index in [4.69, 9.17) is 5.73 Å². The van der Waals surface area contributed by atoms with Crippen molar-refractivity contribution in [1.29, 1.82) is 0 Å². The van der Waals surface area contributed by atoms with Crippen LogP contribution in [-0.4, -0.2) is 25.1 Å². The lowest BCUT2D eigenvalue weighted by Crippen LogP contribution is -2.32. The van der Waals surface area contributed by atoms with Gasteiger partial charge in [-0.05, 0) is 25.0 Å². The Kier molecular flexibility index (Phi) is 4.79. The Bertz CT molecular complexity index is 462. The maximum atomic E-state index is 12.0. The zero-order chi connectivity index (χ0) is 14.0. The number of hydrogen-bond donors (Lipinski definition) is 1. The molecule has 0 unspecified atom stereocenters. The van der Waals surface area contributed by atoms with Gasteiger partial charge in [0.25, 0.3) is 0 Å². The molecule has 2 rings (SSSR count). The topological polar surface area (TPSA) is 46.3 Å². The second-order valence-electron chi connectivity index (χ2n) is 5.13. The fourth-order valence-electron chi connectivity index (χ4n) is 2.40. The van der Waals surface area contributed by atoms with Gasteiger partial charge in [-0.15, -0.1) is 23.1 Å². The van der Waals surface area contributed by atoms with E-state index < -0.39 is 0 Å². The van der Waals surface area contributed by atoms with Gasteiger partial charge in [-0.2, -0.15) is 0 Å². The van der Waals surface area contributed by atoms with Gasteiger partial charge in [-0.1, -0.05) is 13.8 Å². The minimum atomic E-state index is 0.162. The number of piperidine rings is 1. The van der Waals surface area contributed by atoms with Crippen molar-refractivity contribution < 1.29 is 4.79 Å². The van der Waals surface area contributed by atoms with Crippen molar-refractivity contribution in [3.8, 4) is 0 Å². The van der Waals surface area contributed by atoms with Crippen LogP contribution in [0.5, 0.6) is 0 Å². The van der Waals surface area contributed by atoms with E-state index in [1.54, 1.807) is 23.1 Å². The highest BCUT2D eigenvalue weighted by atomic mass is 32.2. The summed E-state index contributed by atoms with van der Waals surface area (Å²) in [6.07, 6.45) is 5.01. The number of nitrogens with two attached hydrogens (primary N) is 1. The molecule has 1 fully saturated rings. The third-order valence-corrected chi connectivity index (χ3v) is 5.99. The van der Waals surface area contributed by atoms with E-state index in [1.807, 2.05) is 13.2 Å². The second kappa shape index (κ2) is 6.18. The Morgan fingerprint density at radius 3 is 2.63 bits per heavy atom. The van der Waals surface area contributed by atoms with E-state index in [9.17, 15) is 4.79 Å². The first-order chi connectivity index (χ1) is 9.08. The van der Waals surface area contributed by atoms with Crippen LogP contribution in [0.1, 0.15) is 42.8 Å². The quantitative estimate of drug-likeness (QED) is 0.677.